The van der Waals surface area contributed by atoms with Crippen molar-refractivity contribution in [1.29, 1.82) is 0 Å². The van der Waals surface area contributed by atoms with Gasteiger partial charge in [-0.3, -0.25) is 14.6 Å². The van der Waals surface area contributed by atoms with Crippen LogP contribution in [0.4, 0.5) is 5.69 Å². The van der Waals surface area contributed by atoms with Crippen molar-refractivity contribution in [2.75, 3.05) is 18.4 Å². The Kier molecular flexibility index (Phi) is 6.80. The normalized spacial score (nSPS) is 14.4. The van der Waals surface area contributed by atoms with Crippen LogP contribution in [0.1, 0.15) is 71.4 Å². The summed E-state index contributed by atoms with van der Waals surface area (Å²) >= 11 is 0. The van der Waals surface area contributed by atoms with Gasteiger partial charge in [0.25, 0.3) is 11.8 Å². The fourth-order valence-corrected chi connectivity index (χ4v) is 3.73. The number of benzene rings is 1. The number of aryl methyl sites for hydroxylation is 2. The molecule has 148 valence electrons. The molecule has 1 N–H and O–H groups in total. The van der Waals surface area contributed by atoms with Crippen molar-refractivity contribution in [3.8, 4) is 0 Å². The smallest absolute Gasteiger partial charge is 0.257 e. The number of rotatable bonds is 5. The number of hydrogen-bond donors (Lipinski definition) is 1. The molecule has 0 radical (unpaired) electrons. The van der Waals surface area contributed by atoms with Crippen LogP contribution in [0.2, 0.25) is 0 Å². The highest BCUT2D eigenvalue weighted by atomic mass is 16.2. The summed E-state index contributed by atoms with van der Waals surface area (Å²) in [4.78, 5) is 31.8. The van der Waals surface area contributed by atoms with E-state index in [4.69, 9.17) is 0 Å². The molecule has 1 aromatic heterocycles. The van der Waals surface area contributed by atoms with Crippen molar-refractivity contribution in [3.05, 3.63) is 58.9 Å². The van der Waals surface area contributed by atoms with Gasteiger partial charge in [-0.05, 0) is 42.9 Å². The molecule has 1 aliphatic heterocycles. The number of anilines is 1. The van der Waals surface area contributed by atoms with Crippen LogP contribution in [0.15, 0.2) is 36.7 Å². The van der Waals surface area contributed by atoms with Crippen LogP contribution in [0.3, 0.4) is 0 Å². The van der Waals surface area contributed by atoms with Crippen molar-refractivity contribution in [3.63, 3.8) is 0 Å². The summed E-state index contributed by atoms with van der Waals surface area (Å²) in [6, 6.07) is 7.75. The van der Waals surface area contributed by atoms with E-state index in [0.717, 1.165) is 55.6 Å². The fraction of sp³-hybridized carbons (Fsp3) is 0.435. The molecule has 1 fully saturated rings. The molecule has 2 amide bonds. The second-order valence-corrected chi connectivity index (χ2v) is 7.28. The summed E-state index contributed by atoms with van der Waals surface area (Å²) in [7, 11) is 0. The summed E-state index contributed by atoms with van der Waals surface area (Å²) in [6.07, 6.45) is 9.17. The number of pyridine rings is 1. The Balaban J connectivity index is 1.80. The van der Waals surface area contributed by atoms with Gasteiger partial charge >= 0.3 is 0 Å². The predicted octanol–water partition coefficient (Wildman–Crippen LogP) is 4.47. The average molecular weight is 380 g/mol. The molecule has 0 aliphatic carbocycles. The molecular formula is C23H29N3O2. The average Bonchev–Trinajstić information content (AvgIpc) is 3.03. The fourth-order valence-electron chi connectivity index (χ4n) is 3.73. The molecule has 3 rings (SSSR count). The van der Waals surface area contributed by atoms with Gasteiger partial charge in [0.2, 0.25) is 0 Å². The molecular weight excluding hydrogens is 350 g/mol. The van der Waals surface area contributed by atoms with Gasteiger partial charge in [-0.1, -0.05) is 44.9 Å². The van der Waals surface area contributed by atoms with Crippen molar-refractivity contribution in [2.24, 2.45) is 0 Å². The number of carbonyl (C=O) groups is 2. The first-order chi connectivity index (χ1) is 13.6. The van der Waals surface area contributed by atoms with Crippen molar-refractivity contribution >= 4 is 17.5 Å². The summed E-state index contributed by atoms with van der Waals surface area (Å²) in [5, 5.41) is 3.05. The van der Waals surface area contributed by atoms with Crippen LogP contribution < -0.4 is 5.32 Å². The van der Waals surface area contributed by atoms with Crippen molar-refractivity contribution < 1.29 is 9.59 Å². The first kappa shape index (κ1) is 20.1. The highest BCUT2D eigenvalue weighted by molar-refractivity contribution is 6.06. The molecule has 2 heterocycles. The first-order valence-corrected chi connectivity index (χ1v) is 10.3. The molecule has 1 saturated heterocycles. The van der Waals surface area contributed by atoms with E-state index < -0.39 is 0 Å². The molecule has 28 heavy (non-hydrogen) atoms. The molecule has 0 spiro atoms. The third-order valence-electron chi connectivity index (χ3n) is 5.38. The quantitative estimate of drug-likeness (QED) is 0.833. The second kappa shape index (κ2) is 9.49. The Morgan fingerprint density at radius 3 is 2.18 bits per heavy atom. The number of hydrogen-bond acceptors (Lipinski definition) is 3. The number of nitrogens with zero attached hydrogens (tertiary/aromatic N) is 2. The molecule has 1 aliphatic rings. The monoisotopic (exact) mass is 379 g/mol. The minimum Gasteiger partial charge on any atom is -0.339 e. The Hall–Kier alpha value is -2.69. The van der Waals surface area contributed by atoms with Crippen LogP contribution in [0, 0.1) is 0 Å². The lowest BCUT2D eigenvalue weighted by atomic mass is 10.0. The van der Waals surface area contributed by atoms with Gasteiger partial charge < -0.3 is 10.2 Å². The highest BCUT2D eigenvalue weighted by Gasteiger charge is 2.19. The number of para-hydroxylation sites is 1. The van der Waals surface area contributed by atoms with Gasteiger partial charge in [0.15, 0.2) is 0 Å². The SMILES string of the molecule is CCc1cccc(CC)c1NC(=O)c1cncc(C(=O)N2CCCCCC2)c1. The predicted molar refractivity (Wildman–Crippen MR) is 112 cm³/mol. The molecule has 1 aromatic carbocycles. The molecule has 0 saturated carbocycles. The standard InChI is InChI=1S/C23H29N3O2/c1-3-17-10-9-11-18(4-2)21(17)25-22(27)19-14-20(16-24-15-19)23(28)26-12-7-5-6-8-13-26/h9-11,14-16H,3-8,12-13H2,1-2H3,(H,25,27). The first-order valence-electron chi connectivity index (χ1n) is 10.3. The summed E-state index contributed by atoms with van der Waals surface area (Å²) < 4.78 is 0. The van der Waals surface area contributed by atoms with Crippen LogP contribution in [-0.2, 0) is 12.8 Å². The van der Waals surface area contributed by atoms with Crippen LogP contribution in [-0.4, -0.2) is 34.8 Å². The van der Waals surface area contributed by atoms with E-state index in [9.17, 15) is 9.59 Å². The molecule has 2 aromatic rings. The van der Waals surface area contributed by atoms with E-state index in [1.807, 2.05) is 23.1 Å². The number of likely N-dealkylation sites (tertiary alicyclic amines) is 1. The summed E-state index contributed by atoms with van der Waals surface area (Å²) in [5.41, 5.74) is 3.99. The zero-order valence-electron chi connectivity index (χ0n) is 16.8. The van der Waals surface area contributed by atoms with Crippen molar-refractivity contribution in [2.45, 2.75) is 52.4 Å². The zero-order valence-corrected chi connectivity index (χ0v) is 16.8. The lowest BCUT2D eigenvalue weighted by Crippen LogP contribution is -2.32. The Morgan fingerprint density at radius 1 is 0.964 bits per heavy atom. The van der Waals surface area contributed by atoms with E-state index in [1.54, 1.807) is 12.3 Å². The molecule has 0 bridgehead atoms. The Labute approximate surface area is 167 Å². The van der Waals surface area contributed by atoms with Gasteiger partial charge in [0, 0.05) is 31.2 Å². The topological polar surface area (TPSA) is 62.3 Å². The molecule has 0 atom stereocenters. The van der Waals surface area contributed by atoms with Gasteiger partial charge in [0.05, 0.1) is 11.1 Å². The van der Waals surface area contributed by atoms with E-state index in [1.165, 1.54) is 19.0 Å². The maximum atomic E-state index is 12.9. The number of aromatic nitrogens is 1. The Morgan fingerprint density at radius 2 is 1.57 bits per heavy atom. The zero-order chi connectivity index (χ0) is 19.9. The number of carbonyl (C=O) groups excluding carboxylic acids is 2. The molecule has 5 heteroatoms. The van der Waals surface area contributed by atoms with E-state index >= 15 is 0 Å². The largest absolute Gasteiger partial charge is 0.339 e. The minimum atomic E-state index is -0.228. The molecule has 5 nitrogen and oxygen atoms in total. The molecule has 0 unspecified atom stereocenters. The van der Waals surface area contributed by atoms with Crippen LogP contribution in [0.5, 0.6) is 0 Å². The van der Waals surface area contributed by atoms with E-state index in [0.29, 0.717) is 11.1 Å². The highest BCUT2D eigenvalue weighted by Crippen LogP contribution is 2.23. The third-order valence-corrected chi connectivity index (χ3v) is 5.38. The maximum absolute atomic E-state index is 12.9. The Bertz CT molecular complexity index is 817. The number of nitrogens with one attached hydrogen (secondary N) is 1. The van der Waals surface area contributed by atoms with Crippen molar-refractivity contribution in [1.82, 2.24) is 9.88 Å². The third kappa shape index (κ3) is 4.58. The second-order valence-electron chi connectivity index (χ2n) is 7.28. The van der Waals surface area contributed by atoms with E-state index in [2.05, 4.69) is 24.1 Å². The van der Waals surface area contributed by atoms with Gasteiger partial charge in [-0.15, -0.1) is 0 Å². The number of amides is 2. The van der Waals surface area contributed by atoms with Gasteiger partial charge in [-0.2, -0.15) is 0 Å². The minimum absolute atomic E-state index is 0.0349. The van der Waals surface area contributed by atoms with Crippen LogP contribution >= 0.6 is 0 Å². The lowest BCUT2D eigenvalue weighted by molar-refractivity contribution is 0.0761. The summed E-state index contributed by atoms with van der Waals surface area (Å²) in [5.74, 6) is -0.263. The van der Waals surface area contributed by atoms with E-state index in [-0.39, 0.29) is 11.8 Å². The summed E-state index contributed by atoms with van der Waals surface area (Å²) in [6.45, 7) is 5.71. The van der Waals surface area contributed by atoms with Gasteiger partial charge in [0.1, 0.15) is 0 Å². The van der Waals surface area contributed by atoms with Gasteiger partial charge in [-0.25, -0.2) is 0 Å². The maximum Gasteiger partial charge on any atom is 0.257 e. The van der Waals surface area contributed by atoms with Crippen LogP contribution in [0.25, 0.3) is 0 Å². The lowest BCUT2D eigenvalue weighted by Gasteiger charge is -2.20.